The van der Waals surface area contributed by atoms with Gasteiger partial charge in [-0.25, -0.2) is 9.48 Å². The molecule has 1 aromatic heterocycles. The Labute approximate surface area is 165 Å². The van der Waals surface area contributed by atoms with Crippen LogP contribution in [0, 0.1) is 12.3 Å². The summed E-state index contributed by atoms with van der Waals surface area (Å²) in [4.78, 5) is 12.6. The molecule has 1 unspecified atom stereocenters. The van der Waals surface area contributed by atoms with Gasteiger partial charge in [-0.2, -0.15) is 5.10 Å². The molecule has 1 atom stereocenters. The van der Waals surface area contributed by atoms with Gasteiger partial charge < -0.3 is 10.6 Å². The zero-order valence-electron chi connectivity index (χ0n) is 16.6. The highest BCUT2D eigenvalue weighted by molar-refractivity contribution is 5.89. The molecule has 5 nitrogen and oxygen atoms in total. The lowest BCUT2D eigenvalue weighted by Crippen LogP contribution is -2.39. The Balaban J connectivity index is 1.65. The maximum absolute atomic E-state index is 12.6. The third-order valence-electron chi connectivity index (χ3n) is 5.30. The number of hydrogen-bond acceptors (Lipinski definition) is 2. The fraction of sp³-hybridized carbons (Fsp3) is 0.304. The molecule has 28 heavy (non-hydrogen) atoms. The van der Waals surface area contributed by atoms with Crippen LogP contribution in [0.4, 0.5) is 10.5 Å². The van der Waals surface area contributed by atoms with Crippen molar-refractivity contribution in [2.24, 2.45) is 5.41 Å². The molecule has 2 N–H and O–H groups in total. The smallest absolute Gasteiger partial charge is 0.319 e. The highest BCUT2D eigenvalue weighted by Gasteiger charge is 2.37. The molecule has 0 bridgehead atoms. The lowest BCUT2D eigenvalue weighted by atomic mass is 9.73. The first kappa shape index (κ1) is 18.3. The first-order chi connectivity index (χ1) is 13.4. The molecule has 5 heteroatoms. The molecule has 2 aromatic carbocycles. The van der Waals surface area contributed by atoms with Crippen LogP contribution in [0.1, 0.15) is 43.3 Å². The van der Waals surface area contributed by atoms with Crippen molar-refractivity contribution in [1.29, 1.82) is 0 Å². The molecule has 0 saturated carbocycles. The van der Waals surface area contributed by atoms with E-state index in [4.69, 9.17) is 5.10 Å². The molecule has 0 aliphatic heterocycles. The van der Waals surface area contributed by atoms with E-state index < -0.39 is 0 Å². The van der Waals surface area contributed by atoms with E-state index in [9.17, 15) is 4.79 Å². The lowest BCUT2D eigenvalue weighted by Gasteiger charge is -2.36. The van der Waals surface area contributed by atoms with Crippen LogP contribution in [0.25, 0.3) is 5.69 Å². The Kier molecular flexibility index (Phi) is 4.67. The second-order valence-corrected chi connectivity index (χ2v) is 8.26. The number of benzene rings is 2. The number of rotatable bonds is 3. The van der Waals surface area contributed by atoms with E-state index in [-0.39, 0.29) is 17.5 Å². The Morgan fingerprint density at radius 3 is 2.39 bits per heavy atom. The molecular weight excluding hydrogens is 348 g/mol. The average molecular weight is 374 g/mol. The van der Waals surface area contributed by atoms with Gasteiger partial charge in [0.05, 0.1) is 23.1 Å². The average Bonchev–Trinajstić information content (AvgIpc) is 2.98. The summed E-state index contributed by atoms with van der Waals surface area (Å²) in [6.45, 7) is 6.52. The molecule has 0 radical (unpaired) electrons. The highest BCUT2D eigenvalue weighted by atomic mass is 16.2. The molecule has 144 valence electrons. The van der Waals surface area contributed by atoms with E-state index in [1.807, 2.05) is 60.1 Å². The molecule has 2 amide bonds. The topological polar surface area (TPSA) is 59.0 Å². The molecule has 0 fully saturated rings. The summed E-state index contributed by atoms with van der Waals surface area (Å²) in [5, 5.41) is 10.9. The van der Waals surface area contributed by atoms with Crippen LogP contribution < -0.4 is 10.6 Å². The minimum atomic E-state index is -0.188. The van der Waals surface area contributed by atoms with Crippen LogP contribution in [0.5, 0.6) is 0 Å². The van der Waals surface area contributed by atoms with Gasteiger partial charge in [-0.3, -0.25) is 0 Å². The summed E-state index contributed by atoms with van der Waals surface area (Å²) < 4.78 is 2.04. The van der Waals surface area contributed by atoms with Crippen molar-refractivity contribution in [1.82, 2.24) is 15.1 Å². The van der Waals surface area contributed by atoms with Crippen molar-refractivity contribution < 1.29 is 4.79 Å². The number of urea groups is 1. The third-order valence-corrected chi connectivity index (χ3v) is 5.30. The third kappa shape index (κ3) is 3.65. The molecule has 3 aromatic rings. The van der Waals surface area contributed by atoms with Crippen LogP contribution in [0.3, 0.4) is 0 Å². The Morgan fingerprint density at radius 1 is 1.07 bits per heavy atom. The van der Waals surface area contributed by atoms with Crippen LogP contribution in [0.2, 0.25) is 0 Å². The van der Waals surface area contributed by atoms with Gasteiger partial charge in [0.1, 0.15) is 0 Å². The monoisotopic (exact) mass is 374 g/mol. The molecule has 0 spiro atoms. The number of amides is 2. The largest absolute Gasteiger partial charge is 0.331 e. The Bertz CT molecular complexity index is 977. The molecule has 0 saturated heterocycles. The number of carbonyl (C=O) groups excluding carboxylic acids is 1. The quantitative estimate of drug-likeness (QED) is 0.676. The number of nitrogens with one attached hydrogen (secondary N) is 2. The Hall–Kier alpha value is -3.08. The summed E-state index contributed by atoms with van der Waals surface area (Å²) >= 11 is 0. The predicted molar refractivity (Wildman–Crippen MR) is 112 cm³/mol. The number of anilines is 1. The molecular formula is C23H26N4O. The fourth-order valence-corrected chi connectivity index (χ4v) is 4.14. The fourth-order valence-electron chi connectivity index (χ4n) is 4.14. The van der Waals surface area contributed by atoms with E-state index in [0.29, 0.717) is 0 Å². The van der Waals surface area contributed by atoms with Gasteiger partial charge in [-0.05, 0) is 49.4 Å². The SMILES string of the molecule is Cc1nn(-c2ccccc2)c2c1C(NC(=O)Nc1ccccc1)CC(C)(C)C2. The lowest BCUT2D eigenvalue weighted by molar-refractivity contribution is 0.230. The molecule has 4 rings (SSSR count). The second kappa shape index (κ2) is 7.15. The molecule has 1 heterocycles. The maximum Gasteiger partial charge on any atom is 0.319 e. The zero-order chi connectivity index (χ0) is 19.7. The minimum absolute atomic E-state index is 0.0662. The summed E-state index contributed by atoms with van der Waals surface area (Å²) in [5.41, 5.74) is 5.20. The van der Waals surface area contributed by atoms with E-state index >= 15 is 0 Å². The number of hydrogen-bond donors (Lipinski definition) is 2. The van der Waals surface area contributed by atoms with Crippen molar-refractivity contribution in [3.63, 3.8) is 0 Å². The van der Waals surface area contributed by atoms with Gasteiger partial charge >= 0.3 is 6.03 Å². The predicted octanol–water partition coefficient (Wildman–Crippen LogP) is 5.02. The Morgan fingerprint density at radius 2 is 1.71 bits per heavy atom. The first-order valence-electron chi connectivity index (χ1n) is 9.69. The van der Waals surface area contributed by atoms with Crippen LogP contribution in [-0.2, 0) is 6.42 Å². The normalized spacial score (nSPS) is 17.6. The van der Waals surface area contributed by atoms with E-state index in [0.717, 1.165) is 35.5 Å². The van der Waals surface area contributed by atoms with E-state index in [1.54, 1.807) is 0 Å². The van der Waals surface area contributed by atoms with E-state index in [1.165, 1.54) is 5.69 Å². The van der Waals surface area contributed by atoms with E-state index in [2.05, 4.69) is 36.6 Å². The van der Waals surface area contributed by atoms with Gasteiger partial charge in [0.2, 0.25) is 0 Å². The number of fused-ring (bicyclic) bond motifs is 1. The standard InChI is InChI=1S/C23H26N4O/c1-16-21-19(25-22(28)24-17-10-6-4-7-11-17)14-23(2,3)15-20(21)27(26-16)18-12-8-5-9-13-18/h4-13,19H,14-15H2,1-3H3,(H2,24,25,28). The van der Waals surface area contributed by atoms with Crippen molar-refractivity contribution in [2.45, 2.75) is 39.7 Å². The first-order valence-corrected chi connectivity index (χ1v) is 9.69. The van der Waals surface area contributed by atoms with Gasteiger partial charge in [0.15, 0.2) is 0 Å². The zero-order valence-corrected chi connectivity index (χ0v) is 16.6. The summed E-state index contributed by atoms with van der Waals surface area (Å²) in [5.74, 6) is 0. The summed E-state index contributed by atoms with van der Waals surface area (Å²) in [7, 11) is 0. The van der Waals surface area contributed by atoms with Crippen LogP contribution >= 0.6 is 0 Å². The van der Waals surface area contributed by atoms with Gasteiger partial charge in [0.25, 0.3) is 0 Å². The van der Waals surface area contributed by atoms with Crippen molar-refractivity contribution in [3.8, 4) is 5.69 Å². The van der Waals surface area contributed by atoms with Crippen molar-refractivity contribution in [3.05, 3.63) is 77.6 Å². The van der Waals surface area contributed by atoms with Gasteiger partial charge in [-0.15, -0.1) is 0 Å². The second-order valence-electron chi connectivity index (χ2n) is 8.26. The maximum atomic E-state index is 12.6. The van der Waals surface area contributed by atoms with Crippen LogP contribution in [-0.4, -0.2) is 15.8 Å². The number of aryl methyl sites for hydroxylation is 1. The van der Waals surface area contributed by atoms with Gasteiger partial charge in [-0.1, -0.05) is 50.2 Å². The number of para-hydroxylation sites is 2. The van der Waals surface area contributed by atoms with Crippen LogP contribution in [0.15, 0.2) is 60.7 Å². The summed E-state index contributed by atoms with van der Waals surface area (Å²) in [6, 6.07) is 19.4. The van der Waals surface area contributed by atoms with Crippen molar-refractivity contribution in [2.75, 3.05) is 5.32 Å². The molecule has 1 aliphatic rings. The van der Waals surface area contributed by atoms with Crippen molar-refractivity contribution >= 4 is 11.7 Å². The van der Waals surface area contributed by atoms with Gasteiger partial charge in [0, 0.05) is 11.3 Å². The number of carbonyl (C=O) groups is 1. The minimum Gasteiger partial charge on any atom is -0.331 e. The highest BCUT2D eigenvalue weighted by Crippen LogP contribution is 2.42. The summed E-state index contributed by atoms with van der Waals surface area (Å²) in [6.07, 6.45) is 1.81. The number of aromatic nitrogens is 2. The molecule has 1 aliphatic carbocycles. The number of nitrogens with zero attached hydrogens (tertiary/aromatic N) is 2.